The molecule has 1 aliphatic carbocycles. The Bertz CT molecular complexity index is 631. The van der Waals surface area contributed by atoms with Crippen molar-refractivity contribution in [2.75, 3.05) is 5.32 Å². The van der Waals surface area contributed by atoms with Crippen LogP contribution < -0.4 is 5.32 Å². The summed E-state index contributed by atoms with van der Waals surface area (Å²) in [4.78, 5) is 13.2. The number of fused-ring (bicyclic) bond motifs is 3. The summed E-state index contributed by atoms with van der Waals surface area (Å²) < 4.78 is 0. The predicted molar refractivity (Wildman–Crippen MR) is 84.4 cm³/mol. The smallest absolute Gasteiger partial charge is 0.134 e. The normalized spacial score (nSPS) is 23.4. The minimum Gasteiger partial charge on any atom is -0.366 e. The molecule has 2 aromatic rings. The Morgan fingerprint density at radius 2 is 2.19 bits per heavy atom. The van der Waals surface area contributed by atoms with Crippen molar-refractivity contribution < 1.29 is 0 Å². The number of hydrogen-bond donors (Lipinski definition) is 1. The minimum absolute atomic E-state index is 0.636. The molecule has 2 aromatic heterocycles. The van der Waals surface area contributed by atoms with Gasteiger partial charge in [0.25, 0.3) is 0 Å². The number of nitrogens with one attached hydrogen (secondary N) is 1. The average molecular weight is 298 g/mol. The lowest BCUT2D eigenvalue weighted by Gasteiger charge is -2.25. The van der Waals surface area contributed by atoms with Crippen molar-refractivity contribution >= 4 is 17.6 Å². The van der Waals surface area contributed by atoms with Crippen LogP contribution in [0.4, 0.5) is 5.82 Å². The maximum atomic E-state index is 4.50. The quantitative estimate of drug-likeness (QED) is 0.877. The maximum Gasteiger partial charge on any atom is 0.134 e. The van der Waals surface area contributed by atoms with Gasteiger partial charge < -0.3 is 5.32 Å². The summed E-state index contributed by atoms with van der Waals surface area (Å²) in [7, 11) is 0. The zero-order valence-corrected chi connectivity index (χ0v) is 12.6. The Labute approximate surface area is 128 Å². The lowest BCUT2D eigenvalue weighted by Crippen LogP contribution is -2.17. The molecule has 0 bridgehead atoms. The molecule has 1 aliphatic heterocycles. The molecule has 2 unspecified atom stereocenters. The summed E-state index contributed by atoms with van der Waals surface area (Å²) in [5.74, 6) is 1.65. The fraction of sp³-hybridized carbons (Fsp3) is 0.438. The molecule has 0 spiro atoms. The highest BCUT2D eigenvalue weighted by Gasteiger charge is 2.38. The molecule has 5 heteroatoms. The number of nitrogens with zero attached hydrogens (tertiary/aromatic N) is 3. The molecule has 0 saturated heterocycles. The molecule has 2 atom stereocenters. The Kier molecular flexibility index (Phi) is 3.51. The van der Waals surface area contributed by atoms with Crippen molar-refractivity contribution in [1.82, 2.24) is 15.0 Å². The number of pyridine rings is 1. The van der Waals surface area contributed by atoms with Crippen LogP contribution in [0, 0.1) is 0 Å². The number of hydrogen-bond acceptors (Lipinski definition) is 5. The van der Waals surface area contributed by atoms with Gasteiger partial charge >= 0.3 is 0 Å². The van der Waals surface area contributed by atoms with Gasteiger partial charge in [-0.25, -0.2) is 9.97 Å². The third kappa shape index (κ3) is 2.50. The van der Waals surface area contributed by atoms with E-state index in [0.29, 0.717) is 11.2 Å². The molecule has 0 amide bonds. The number of anilines is 1. The van der Waals surface area contributed by atoms with Crippen molar-refractivity contribution in [1.29, 1.82) is 0 Å². The van der Waals surface area contributed by atoms with E-state index in [1.165, 1.54) is 41.8 Å². The molecule has 21 heavy (non-hydrogen) atoms. The van der Waals surface area contributed by atoms with Gasteiger partial charge in [-0.1, -0.05) is 18.9 Å². The van der Waals surface area contributed by atoms with Crippen LogP contribution in [0.15, 0.2) is 35.9 Å². The predicted octanol–water partition coefficient (Wildman–Crippen LogP) is 3.62. The number of rotatable bonds is 3. The van der Waals surface area contributed by atoms with Crippen molar-refractivity contribution in [3.8, 4) is 0 Å². The van der Waals surface area contributed by atoms with Crippen molar-refractivity contribution in [2.45, 2.75) is 48.4 Å². The summed E-state index contributed by atoms with van der Waals surface area (Å²) >= 11 is 1.95. The maximum absolute atomic E-state index is 4.50. The van der Waals surface area contributed by atoms with E-state index in [1.807, 2.05) is 24.0 Å². The number of thioether (sulfide) groups is 1. The molecule has 1 saturated carbocycles. The second-order valence-electron chi connectivity index (χ2n) is 5.70. The third-order valence-electron chi connectivity index (χ3n) is 4.37. The molecule has 0 radical (unpaired) electrons. The summed E-state index contributed by atoms with van der Waals surface area (Å²) in [6.45, 7) is 0.763. The first-order chi connectivity index (χ1) is 10.4. The molecule has 1 N–H and O–H groups in total. The first kappa shape index (κ1) is 13.1. The van der Waals surface area contributed by atoms with Crippen LogP contribution in [0.2, 0.25) is 0 Å². The Balaban J connectivity index is 1.58. The molecular weight excluding hydrogens is 280 g/mol. The Morgan fingerprint density at radius 1 is 1.24 bits per heavy atom. The largest absolute Gasteiger partial charge is 0.366 e. The van der Waals surface area contributed by atoms with Gasteiger partial charge in [-0.05, 0) is 24.5 Å². The lowest BCUT2D eigenvalue weighted by atomic mass is 9.84. The third-order valence-corrected chi connectivity index (χ3v) is 5.78. The second-order valence-corrected chi connectivity index (χ2v) is 6.93. The van der Waals surface area contributed by atoms with Gasteiger partial charge in [0.2, 0.25) is 0 Å². The van der Waals surface area contributed by atoms with Gasteiger partial charge in [-0.3, -0.25) is 4.98 Å². The molecule has 3 heterocycles. The molecule has 4 rings (SSSR count). The minimum atomic E-state index is 0.636. The van der Waals surface area contributed by atoms with Crippen LogP contribution in [0.25, 0.3) is 0 Å². The van der Waals surface area contributed by atoms with Crippen molar-refractivity contribution in [2.24, 2.45) is 0 Å². The van der Waals surface area contributed by atoms with Gasteiger partial charge in [0.05, 0.1) is 0 Å². The lowest BCUT2D eigenvalue weighted by molar-refractivity contribution is 0.460. The summed E-state index contributed by atoms with van der Waals surface area (Å²) in [6.07, 6.45) is 10.7. The molecule has 108 valence electrons. The van der Waals surface area contributed by atoms with Gasteiger partial charge in [0.1, 0.15) is 17.2 Å². The van der Waals surface area contributed by atoms with Crippen LogP contribution in [-0.2, 0) is 6.54 Å². The van der Waals surface area contributed by atoms with Crippen LogP contribution in [0.1, 0.15) is 42.7 Å². The molecule has 2 aliphatic rings. The van der Waals surface area contributed by atoms with Crippen molar-refractivity contribution in [3.05, 3.63) is 42.0 Å². The second kappa shape index (κ2) is 5.64. The molecular formula is C16H18N4S. The van der Waals surface area contributed by atoms with Crippen molar-refractivity contribution in [3.63, 3.8) is 0 Å². The monoisotopic (exact) mass is 298 g/mol. The summed E-state index contributed by atoms with van der Waals surface area (Å²) in [5, 5.41) is 5.39. The highest BCUT2D eigenvalue weighted by molar-refractivity contribution is 8.00. The van der Waals surface area contributed by atoms with E-state index in [0.717, 1.165) is 12.4 Å². The number of aromatic nitrogens is 3. The van der Waals surface area contributed by atoms with Gasteiger partial charge in [0, 0.05) is 35.7 Å². The van der Waals surface area contributed by atoms with Gasteiger partial charge in [0.15, 0.2) is 0 Å². The van der Waals surface area contributed by atoms with E-state index in [-0.39, 0.29) is 0 Å². The van der Waals surface area contributed by atoms with E-state index >= 15 is 0 Å². The van der Waals surface area contributed by atoms with E-state index in [2.05, 4.69) is 26.3 Å². The fourth-order valence-electron chi connectivity index (χ4n) is 3.35. The van der Waals surface area contributed by atoms with Crippen LogP contribution in [-0.4, -0.2) is 20.2 Å². The van der Waals surface area contributed by atoms with Gasteiger partial charge in [-0.2, -0.15) is 0 Å². The molecule has 4 nitrogen and oxygen atoms in total. The standard InChI is InChI=1S/C16H18N4S/c1-2-6-13-12(5-1)14-15(19-10-20-16(14)21-13)18-9-11-4-3-7-17-8-11/h3-4,7-8,10,12-13H,1-2,5-6,9H2,(H,18,19,20). The fourth-order valence-corrected chi connectivity index (χ4v) is 4.84. The first-order valence-electron chi connectivity index (χ1n) is 7.56. The Morgan fingerprint density at radius 3 is 3.10 bits per heavy atom. The van der Waals surface area contributed by atoms with E-state index in [1.54, 1.807) is 12.5 Å². The highest BCUT2D eigenvalue weighted by atomic mass is 32.2. The first-order valence-corrected chi connectivity index (χ1v) is 8.44. The van der Waals surface area contributed by atoms with Crippen LogP contribution >= 0.6 is 11.8 Å². The average Bonchev–Trinajstić information content (AvgIpc) is 2.93. The Hall–Kier alpha value is -1.62. The highest BCUT2D eigenvalue weighted by Crippen LogP contribution is 2.52. The summed E-state index contributed by atoms with van der Waals surface area (Å²) in [6, 6.07) is 4.05. The topological polar surface area (TPSA) is 50.7 Å². The van der Waals surface area contributed by atoms with E-state index < -0.39 is 0 Å². The zero-order chi connectivity index (χ0) is 14.1. The van der Waals surface area contributed by atoms with Gasteiger partial charge in [-0.15, -0.1) is 11.8 Å². The van der Waals surface area contributed by atoms with Crippen LogP contribution in [0.5, 0.6) is 0 Å². The van der Waals surface area contributed by atoms with Crippen LogP contribution in [0.3, 0.4) is 0 Å². The molecule has 0 aromatic carbocycles. The summed E-state index contributed by atoms with van der Waals surface area (Å²) in [5.41, 5.74) is 2.53. The molecule has 1 fully saturated rings. The van der Waals surface area contributed by atoms with E-state index in [9.17, 15) is 0 Å². The van der Waals surface area contributed by atoms with E-state index in [4.69, 9.17) is 0 Å². The zero-order valence-electron chi connectivity index (χ0n) is 11.8. The SMILES string of the molecule is c1cncc(CNc2ncnc3c2C2CCCCC2S3)c1.